The summed E-state index contributed by atoms with van der Waals surface area (Å²) in [6.45, 7) is 10.3. The summed E-state index contributed by atoms with van der Waals surface area (Å²) in [5, 5.41) is 5.61. The topological polar surface area (TPSA) is 112 Å². The monoisotopic (exact) mass is 535 g/mol. The Morgan fingerprint density at radius 1 is 1.24 bits per heavy atom. The number of carbonyl (C=O) groups excluding carboxylic acids is 1. The van der Waals surface area contributed by atoms with Crippen LogP contribution >= 0.6 is 11.8 Å². The molecule has 0 amide bonds. The molecule has 9 heteroatoms. The molecular weight excluding hydrogens is 498 g/mol. The molecule has 1 spiro atoms. The molecule has 5 rings (SSSR count). The maximum Gasteiger partial charge on any atom is 0.340 e. The third kappa shape index (κ3) is 4.82. The molecule has 8 nitrogen and oxygen atoms in total. The first-order valence-corrected chi connectivity index (χ1v) is 14.6. The van der Waals surface area contributed by atoms with Crippen molar-refractivity contribution in [1.29, 1.82) is 0 Å². The predicted molar refractivity (Wildman–Crippen MR) is 152 cm³/mol. The minimum absolute atomic E-state index is 0.00996. The van der Waals surface area contributed by atoms with E-state index in [1.165, 1.54) is 0 Å². The first kappa shape index (κ1) is 26.7. The van der Waals surface area contributed by atoms with E-state index in [4.69, 9.17) is 20.2 Å². The lowest BCUT2D eigenvalue weighted by Gasteiger charge is -2.30. The molecule has 1 saturated carbocycles. The number of nitrogens with two attached hydrogens (primary N) is 1. The summed E-state index contributed by atoms with van der Waals surface area (Å²) >= 11 is 1.82. The summed E-state index contributed by atoms with van der Waals surface area (Å²) in [7, 11) is 0. The van der Waals surface area contributed by atoms with E-state index >= 15 is 0 Å². The normalized spacial score (nSPS) is 20.8. The van der Waals surface area contributed by atoms with Crippen LogP contribution in [-0.2, 0) is 15.7 Å². The van der Waals surface area contributed by atoms with Gasteiger partial charge in [0.25, 0.3) is 0 Å². The van der Waals surface area contributed by atoms with Crippen molar-refractivity contribution in [3.63, 3.8) is 0 Å². The number of esters is 1. The first-order valence-electron chi connectivity index (χ1n) is 13.3. The summed E-state index contributed by atoms with van der Waals surface area (Å²) in [5.41, 5.74) is 8.27. The van der Waals surface area contributed by atoms with Crippen molar-refractivity contribution in [1.82, 2.24) is 15.0 Å². The summed E-state index contributed by atoms with van der Waals surface area (Å²) in [6.07, 6.45) is 9.18. The van der Waals surface area contributed by atoms with Crippen LogP contribution in [0.5, 0.6) is 5.88 Å². The van der Waals surface area contributed by atoms with Gasteiger partial charge in [0.15, 0.2) is 0 Å². The minimum Gasteiger partial charge on any atom is -0.474 e. The quantitative estimate of drug-likeness (QED) is 0.326. The zero-order valence-corrected chi connectivity index (χ0v) is 23.8. The van der Waals surface area contributed by atoms with E-state index < -0.39 is 5.54 Å². The molecule has 3 aromatic heterocycles. The highest BCUT2D eigenvalue weighted by molar-refractivity contribution is 7.99. The molecule has 0 saturated heterocycles. The fourth-order valence-corrected chi connectivity index (χ4v) is 5.70. The Kier molecular flexibility index (Phi) is 7.02. The van der Waals surface area contributed by atoms with E-state index in [0.717, 1.165) is 47.7 Å². The molecule has 38 heavy (non-hydrogen) atoms. The molecular formula is C29H37N5O3S. The van der Waals surface area contributed by atoms with Gasteiger partial charge in [0.2, 0.25) is 5.88 Å². The number of ether oxygens (including phenoxy) is 2. The molecule has 1 unspecified atom stereocenters. The summed E-state index contributed by atoms with van der Waals surface area (Å²) in [5.74, 6) is 1.53. The standard InChI is InChI=1S/C29H37N5O3S/c1-7-28(5,30)22-15-32-26(36-16(2)12-17(3)38-6)21-14-31-24(13-20(21)22)33-23-9-8-19-25(34-23)29(10-11-29)18(4)37-27(19)35/h8-9,13-18H,7,10-12,30H2,1-6H3,(H,31,33,34)/t16-,17?,18+,28-/m1/s1. The number of carbonyl (C=O) groups is 1. The van der Waals surface area contributed by atoms with E-state index in [9.17, 15) is 4.79 Å². The SMILES string of the molecule is CC[C@@](C)(N)c1cnc(O[C@H](C)CC(C)SC)c2cnc(Nc3ccc4c(n3)C3(CC3)[C@H](C)OC4=O)cc12. The van der Waals surface area contributed by atoms with Crippen molar-refractivity contribution >= 4 is 40.1 Å². The summed E-state index contributed by atoms with van der Waals surface area (Å²) < 4.78 is 11.9. The van der Waals surface area contributed by atoms with Crippen molar-refractivity contribution in [3.8, 4) is 5.88 Å². The number of fused-ring (bicyclic) bond motifs is 3. The number of nitrogens with one attached hydrogen (secondary N) is 1. The summed E-state index contributed by atoms with van der Waals surface area (Å²) in [6, 6.07) is 5.58. The second-order valence-corrected chi connectivity index (χ2v) is 12.3. The lowest BCUT2D eigenvalue weighted by Crippen LogP contribution is -2.36. The lowest BCUT2D eigenvalue weighted by molar-refractivity contribution is 0.0183. The number of rotatable bonds is 9. The van der Waals surface area contributed by atoms with E-state index in [2.05, 4.69) is 42.3 Å². The highest BCUT2D eigenvalue weighted by Gasteiger charge is 2.56. The fraction of sp³-hybridized carbons (Fsp3) is 0.517. The van der Waals surface area contributed by atoms with Crippen molar-refractivity contribution in [2.45, 2.75) is 88.7 Å². The van der Waals surface area contributed by atoms with Crippen molar-refractivity contribution in [2.24, 2.45) is 5.73 Å². The zero-order valence-electron chi connectivity index (χ0n) is 23.0. The van der Waals surface area contributed by atoms with Gasteiger partial charge in [0.05, 0.1) is 28.2 Å². The Balaban J connectivity index is 1.51. The second-order valence-electron chi connectivity index (χ2n) is 11.0. The number of pyridine rings is 3. The van der Waals surface area contributed by atoms with Crippen molar-refractivity contribution in [2.75, 3.05) is 11.6 Å². The van der Waals surface area contributed by atoms with E-state index in [1.54, 1.807) is 18.3 Å². The smallest absolute Gasteiger partial charge is 0.340 e. The molecule has 1 aliphatic carbocycles. The van der Waals surface area contributed by atoms with Crippen molar-refractivity contribution in [3.05, 3.63) is 47.4 Å². The van der Waals surface area contributed by atoms with Crippen LogP contribution in [-0.4, -0.2) is 44.6 Å². The highest BCUT2D eigenvalue weighted by atomic mass is 32.2. The molecule has 0 bridgehead atoms. The van der Waals surface area contributed by atoms with Crippen LogP contribution in [0.4, 0.5) is 11.6 Å². The van der Waals surface area contributed by atoms with E-state index in [1.807, 2.05) is 37.9 Å². The second kappa shape index (κ2) is 10.0. The first-order chi connectivity index (χ1) is 18.1. The van der Waals surface area contributed by atoms with Gasteiger partial charge in [-0.1, -0.05) is 13.8 Å². The number of hydrogen-bond donors (Lipinski definition) is 2. The minimum atomic E-state index is -0.569. The Morgan fingerprint density at radius 2 is 2.00 bits per heavy atom. The molecule has 3 aromatic rings. The third-order valence-corrected chi connectivity index (χ3v) is 9.15. The highest BCUT2D eigenvalue weighted by Crippen LogP contribution is 2.54. The van der Waals surface area contributed by atoms with Crippen LogP contribution in [0.2, 0.25) is 0 Å². The predicted octanol–water partition coefficient (Wildman–Crippen LogP) is 5.85. The van der Waals surface area contributed by atoms with Gasteiger partial charge in [-0.2, -0.15) is 11.8 Å². The number of aromatic nitrogens is 3. The molecule has 0 radical (unpaired) electrons. The Morgan fingerprint density at radius 3 is 2.68 bits per heavy atom. The van der Waals surface area contributed by atoms with Crippen LogP contribution in [0.3, 0.4) is 0 Å². The van der Waals surface area contributed by atoms with Crippen LogP contribution in [0.1, 0.15) is 81.9 Å². The molecule has 4 atom stereocenters. The number of hydrogen-bond acceptors (Lipinski definition) is 9. The largest absolute Gasteiger partial charge is 0.474 e. The molecule has 0 aromatic carbocycles. The third-order valence-electron chi connectivity index (χ3n) is 8.16. The number of nitrogens with zero attached hydrogens (tertiary/aromatic N) is 3. The Labute approximate surface area is 228 Å². The van der Waals surface area contributed by atoms with Crippen LogP contribution in [0, 0.1) is 0 Å². The molecule has 3 N–H and O–H groups in total. The van der Waals surface area contributed by atoms with Gasteiger partial charge in [-0.05, 0) is 81.9 Å². The van der Waals surface area contributed by atoms with Crippen molar-refractivity contribution < 1.29 is 14.3 Å². The number of thioether (sulfide) groups is 1. The average Bonchev–Trinajstić information content (AvgIpc) is 3.69. The maximum absolute atomic E-state index is 12.4. The van der Waals surface area contributed by atoms with E-state index in [-0.39, 0.29) is 23.6 Å². The molecule has 1 aliphatic heterocycles. The van der Waals surface area contributed by atoms with Gasteiger partial charge in [0.1, 0.15) is 17.7 Å². The summed E-state index contributed by atoms with van der Waals surface area (Å²) in [4.78, 5) is 26.7. The van der Waals surface area contributed by atoms with Crippen LogP contribution in [0.15, 0.2) is 30.6 Å². The van der Waals surface area contributed by atoms with Gasteiger partial charge in [-0.3, -0.25) is 0 Å². The number of cyclic esters (lactones) is 1. The van der Waals surface area contributed by atoms with Gasteiger partial charge in [0, 0.05) is 23.2 Å². The number of anilines is 2. The molecule has 4 heterocycles. The Hall–Kier alpha value is -2.91. The lowest BCUT2D eigenvalue weighted by atomic mass is 9.88. The van der Waals surface area contributed by atoms with Gasteiger partial charge in [-0.15, -0.1) is 0 Å². The van der Waals surface area contributed by atoms with Gasteiger partial charge >= 0.3 is 5.97 Å². The van der Waals surface area contributed by atoms with Gasteiger partial charge in [-0.25, -0.2) is 19.7 Å². The van der Waals surface area contributed by atoms with Gasteiger partial charge < -0.3 is 20.5 Å². The zero-order chi connectivity index (χ0) is 27.2. The maximum atomic E-state index is 12.4. The molecule has 2 aliphatic rings. The van der Waals surface area contributed by atoms with E-state index in [0.29, 0.717) is 28.3 Å². The fourth-order valence-electron chi connectivity index (χ4n) is 5.23. The van der Waals surface area contributed by atoms with Crippen LogP contribution in [0.25, 0.3) is 10.8 Å². The Bertz CT molecular complexity index is 1370. The molecule has 1 fully saturated rings. The van der Waals surface area contributed by atoms with Crippen LogP contribution < -0.4 is 15.8 Å². The molecule has 202 valence electrons. The average molecular weight is 536 g/mol.